The Morgan fingerprint density at radius 3 is 2.33 bits per heavy atom. The standard InChI is InChI=1S/C16H18O2/c17-12-10-15-8-4-5-9-16(15)18-13-11-14-6-2-1-3-7-14/h1-9,17H,10-13H2. The van der Waals surface area contributed by atoms with Gasteiger partial charge in [-0.1, -0.05) is 48.5 Å². The molecule has 0 heterocycles. The number of aliphatic hydroxyl groups is 1. The van der Waals surface area contributed by atoms with Crippen molar-refractivity contribution in [2.24, 2.45) is 0 Å². The summed E-state index contributed by atoms with van der Waals surface area (Å²) < 4.78 is 5.78. The number of benzene rings is 2. The van der Waals surface area contributed by atoms with Crippen LogP contribution < -0.4 is 4.74 Å². The first-order valence-corrected chi connectivity index (χ1v) is 6.25. The Bertz CT molecular complexity index is 466. The van der Waals surface area contributed by atoms with Crippen molar-refractivity contribution in [2.75, 3.05) is 13.2 Å². The van der Waals surface area contributed by atoms with Crippen LogP contribution in [0.5, 0.6) is 5.75 Å². The number of ether oxygens (including phenoxy) is 1. The summed E-state index contributed by atoms with van der Waals surface area (Å²) in [6.07, 6.45) is 1.54. The Kier molecular flexibility index (Phi) is 4.79. The summed E-state index contributed by atoms with van der Waals surface area (Å²) in [5, 5.41) is 8.99. The molecule has 2 aromatic rings. The van der Waals surface area contributed by atoms with Crippen LogP contribution in [0.3, 0.4) is 0 Å². The number of hydrogen-bond donors (Lipinski definition) is 1. The molecule has 2 heteroatoms. The molecule has 0 aromatic heterocycles. The van der Waals surface area contributed by atoms with Crippen LogP contribution in [0.1, 0.15) is 11.1 Å². The van der Waals surface area contributed by atoms with E-state index in [-0.39, 0.29) is 6.61 Å². The van der Waals surface area contributed by atoms with Crippen molar-refractivity contribution in [1.82, 2.24) is 0 Å². The molecule has 0 aliphatic rings. The summed E-state index contributed by atoms with van der Waals surface area (Å²) in [6.45, 7) is 0.811. The first-order valence-electron chi connectivity index (χ1n) is 6.25. The molecule has 18 heavy (non-hydrogen) atoms. The first kappa shape index (κ1) is 12.7. The van der Waals surface area contributed by atoms with E-state index < -0.39 is 0 Å². The fourth-order valence-corrected chi connectivity index (χ4v) is 1.90. The zero-order valence-electron chi connectivity index (χ0n) is 10.4. The van der Waals surface area contributed by atoms with Crippen LogP contribution >= 0.6 is 0 Å². The third kappa shape index (κ3) is 3.60. The molecule has 0 amide bonds. The Morgan fingerprint density at radius 1 is 0.833 bits per heavy atom. The highest BCUT2D eigenvalue weighted by atomic mass is 16.5. The van der Waals surface area contributed by atoms with Crippen molar-refractivity contribution in [3.63, 3.8) is 0 Å². The van der Waals surface area contributed by atoms with E-state index in [1.165, 1.54) is 5.56 Å². The monoisotopic (exact) mass is 242 g/mol. The van der Waals surface area contributed by atoms with Gasteiger partial charge in [0.1, 0.15) is 5.75 Å². The molecule has 0 spiro atoms. The predicted octanol–water partition coefficient (Wildman–Crippen LogP) is 2.84. The molecule has 0 aliphatic heterocycles. The lowest BCUT2D eigenvalue weighted by Gasteiger charge is -2.10. The number of para-hydroxylation sites is 1. The highest BCUT2D eigenvalue weighted by molar-refractivity contribution is 5.33. The van der Waals surface area contributed by atoms with Gasteiger partial charge >= 0.3 is 0 Å². The summed E-state index contributed by atoms with van der Waals surface area (Å²) in [5.74, 6) is 0.877. The number of rotatable bonds is 6. The minimum absolute atomic E-state index is 0.152. The van der Waals surface area contributed by atoms with E-state index in [9.17, 15) is 0 Å². The molecule has 94 valence electrons. The summed E-state index contributed by atoms with van der Waals surface area (Å²) in [5.41, 5.74) is 2.34. The molecule has 0 bridgehead atoms. The second-order valence-electron chi connectivity index (χ2n) is 4.17. The lowest BCUT2D eigenvalue weighted by Crippen LogP contribution is -2.04. The van der Waals surface area contributed by atoms with Crippen LogP contribution in [0.15, 0.2) is 54.6 Å². The number of hydrogen-bond acceptors (Lipinski definition) is 2. The molecular weight excluding hydrogens is 224 g/mol. The van der Waals surface area contributed by atoms with Gasteiger partial charge in [0.05, 0.1) is 6.61 Å². The molecule has 0 fully saturated rings. The quantitative estimate of drug-likeness (QED) is 0.844. The van der Waals surface area contributed by atoms with Crippen molar-refractivity contribution in [2.45, 2.75) is 12.8 Å². The average molecular weight is 242 g/mol. The van der Waals surface area contributed by atoms with E-state index in [4.69, 9.17) is 9.84 Å². The van der Waals surface area contributed by atoms with E-state index in [0.717, 1.165) is 17.7 Å². The van der Waals surface area contributed by atoms with Crippen molar-refractivity contribution in [1.29, 1.82) is 0 Å². The molecular formula is C16H18O2. The van der Waals surface area contributed by atoms with Gasteiger partial charge in [-0.25, -0.2) is 0 Å². The lowest BCUT2D eigenvalue weighted by atomic mass is 10.1. The normalized spacial score (nSPS) is 10.3. The SMILES string of the molecule is OCCc1ccccc1OCCc1ccccc1. The highest BCUT2D eigenvalue weighted by Gasteiger charge is 2.02. The minimum Gasteiger partial charge on any atom is -0.493 e. The van der Waals surface area contributed by atoms with Crippen molar-refractivity contribution in [3.8, 4) is 5.75 Å². The zero-order valence-corrected chi connectivity index (χ0v) is 10.4. The summed E-state index contributed by atoms with van der Waals surface area (Å²) in [6, 6.07) is 18.2. The molecule has 0 radical (unpaired) electrons. The Balaban J connectivity index is 1.90. The van der Waals surface area contributed by atoms with Gasteiger partial charge in [-0.05, 0) is 23.6 Å². The highest BCUT2D eigenvalue weighted by Crippen LogP contribution is 2.18. The summed E-state index contributed by atoms with van der Waals surface area (Å²) in [7, 11) is 0. The average Bonchev–Trinajstić information content (AvgIpc) is 2.42. The van der Waals surface area contributed by atoms with E-state index in [1.54, 1.807) is 0 Å². The molecule has 2 aromatic carbocycles. The van der Waals surface area contributed by atoms with Gasteiger partial charge in [0.15, 0.2) is 0 Å². The van der Waals surface area contributed by atoms with Gasteiger partial charge in [-0.2, -0.15) is 0 Å². The van der Waals surface area contributed by atoms with Crippen LogP contribution in [-0.2, 0) is 12.8 Å². The van der Waals surface area contributed by atoms with Gasteiger partial charge in [0.2, 0.25) is 0 Å². The maximum absolute atomic E-state index is 8.99. The maximum atomic E-state index is 8.99. The van der Waals surface area contributed by atoms with E-state index in [0.29, 0.717) is 13.0 Å². The molecule has 1 N–H and O–H groups in total. The van der Waals surface area contributed by atoms with Gasteiger partial charge in [0, 0.05) is 13.0 Å². The second-order valence-corrected chi connectivity index (χ2v) is 4.17. The van der Waals surface area contributed by atoms with E-state index in [2.05, 4.69) is 12.1 Å². The third-order valence-electron chi connectivity index (χ3n) is 2.84. The topological polar surface area (TPSA) is 29.5 Å². The Morgan fingerprint density at radius 2 is 1.56 bits per heavy atom. The van der Waals surface area contributed by atoms with Crippen LogP contribution in [0.4, 0.5) is 0 Å². The third-order valence-corrected chi connectivity index (χ3v) is 2.84. The zero-order chi connectivity index (χ0) is 12.6. The molecule has 0 atom stereocenters. The van der Waals surface area contributed by atoms with Gasteiger partial charge < -0.3 is 9.84 Å². The predicted molar refractivity (Wildman–Crippen MR) is 72.9 cm³/mol. The summed E-state index contributed by atoms with van der Waals surface area (Å²) >= 11 is 0. The smallest absolute Gasteiger partial charge is 0.122 e. The molecule has 0 unspecified atom stereocenters. The van der Waals surface area contributed by atoms with E-state index in [1.807, 2.05) is 42.5 Å². The largest absolute Gasteiger partial charge is 0.493 e. The van der Waals surface area contributed by atoms with Crippen molar-refractivity contribution in [3.05, 3.63) is 65.7 Å². The van der Waals surface area contributed by atoms with Gasteiger partial charge in [0.25, 0.3) is 0 Å². The minimum atomic E-state index is 0.152. The Labute approximate surface area is 108 Å². The van der Waals surface area contributed by atoms with Crippen LogP contribution in [0, 0.1) is 0 Å². The molecule has 2 rings (SSSR count). The van der Waals surface area contributed by atoms with Crippen molar-refractivity contribution >= 4 is 0 Å². The maximum Gasteiger partial charge on any atom is 0.122 e. The first-order chi connectivity index (χ1) is 8.90. The molecule has 0 aliphatic carbocycles. The fraction of sp³-hybridized carbons (Fsp3) is 0.250. The van der Waals surface area contributed by atoms with Crippen molar-refractivity contribution < 1.29 is 9.84 Å². The van der Waals surface area contributed by atoms with Gasteiger partial charge in [-0.3, -0.25) is 0 Å². The number of aliphatic hydroxyl groups excluding tert-OH is 1. The van der Waals surface area contributed by atoms with Crippen LogP contribution in [0.25, 0.3) is 0 Å². The van der Waals surface area contributed by atoms with Gasteiger partial charge in [-0.15, -0.1) is 0 Å². The molecule has 0 saturated carbocycles. The summed E-state index contributed by atoms with van der Waals surface area (Å²) in [4.78, 5) is 0. The Hall–Kier alpha value is -1.80. The van der Waals surface area contributed by atoms with E-state index >= 15 is 0 Å². The molecule has 2 nitrogen and oxygen atoms in total. The van der Waals surface area contributed by atoms with Crippen LogP contribution in [-0.4, -0.2) is 18.3 Å². The van der Waals surface area contributed by atoms with Crippen LogP contribution in [0.2, 0.25) is 0 Å². The second kappa shape index (κ2) is 6.82. The fourth-order valence-electron chi connectivity index (χ4n) is 1.90. The lowest BCUT2D eigenvalue weighted by molar-refractivity contribution is 0.289. The molecule has 0 saturated heterocycles.